The summed E-state index contributed by atoms with van der Waals surface area (Å²) >= 11 is 0. The quantitative estimate of drug-likeness (QED) is 0.504. The average molecular weight is 530 g/mol. The highest BCUT2D eigenvalue weighted by Gasteiger charge is 2.50. The number of nitrogens with zero attached hydrogens (tertiary/aromatic N) is 4. The summed E-state index contributed by atoms with van der Waals surface area (Å²) in [6.07, 6.45) is 6.85. The number of H-pyrrole nitrogens is 1. The van der Waals surface area contributed by atoms with Crippen LogP contribution in [-0.4, -0.2) is 82.0 Å². The smallest absolute Gasteiger partial charge is 0.325 e. The Morgan fingerprint density at radius 3 is 2.54 bits per heavy atom. The molecular formula is C30H35N5O4. The van der Waals surface area contributed by atoms with E-state index in [1.807, 2.05) is 69.4 Å². The van der Waals surface area contributed by atoms with Gasteiger partial charge in [0, 0.05) is 62.5 Å². The maximum Gasteiger partial charge on any atom is 0.325 e. The third kappa shape index (κ3) is 5.04. The molecule has 0 atom stereocenters. The van der Waals surface area contributed by atoms with Crippen molar-refractivity contribution in [3.63, 3.8) is 0 Å². The zero-order chi connectivity index (χ0) is 26.8. The zero-order valence-corrected chi connectivity index (χ0v) is 22.1. The highest BCUT2D eigenvalue weighted by atomic mass is 16.5. The maximum atomic E-state index is 13.9. The van der Waals surface area contributed by atoms with Crippen LogP contribution >= 0.6 is 0 Å². The fourth-order valence-electron chi connectivity index (χ4n) is 6.14. The first-order valence-electron chi connectivity index (χ1n) is 13.8. The molecule has 6 rings (SSSR count). The zero-order valence-electron chi connectivity index (χ0n) is 22.1. The van der Waals surface area contributed by atoms with Crippen LogP contribution in [0, 0.1) is 5.92 Å². The van der Waals surface area contributed by atoms with Crippen LogP contribution < -0.4 is 4.90 Å². The molecule has 0 bridgehead atoms. The van der Waals surface area contributed by atoms with E-state index in [1.165, 1.54) is 0 Å². The largest absolute Gasteiger partial charge is 0.396 e. The van der Waals surface area contributed by atoms with Gasteiger partial charge in [-0.3, -0.25) is 14.8 Å². The number of urea groups is 1. The number of anilines is 1. The van der Waals surface area contributed by atoms with Gasteiger partial charge >= 0.3 is 6.03 Å². The first-order valence-corrected chi connectivity index (χ1v) is 13.8. The first kappa shape index (κ1) is 25.6. The summed E-state index contributed by atoms with van der Waals surface area (Å²) in [4.78, 5) is 32.9. The lowest BCUT2D eigenvalue weighted by Crippen LogP contribution is -2.50. The van der Waals surface area contributed by atoms with Crippen molar-refractivity contribution in [2.45, 2.75) is 37.8 Å². The van der Waals surface area contributed by atoms with Crippen LogP contribution in [0.25, 0.3) is 11.1 Å². The molecule has 3 saturated heterocycles. The van der Waals surface area contributed by atoms with Crippen LogP contribution in [0.5, 0.6) is 0 Å². The number of nitrogens with one attached hydrogen (secondary N) is 1. The lowest BCUT2D eigenvalue weighted by atomic mass is 9.88. The molecule has 0 unspecified atom stereocenters. The van der Waals surface area contributed by atoms with E-state index in [-0.39, 0.29) is 30.0 Å². The molecule has 9 nitrogen and oxygen atoms in total. The Bertz CT molecular complexity index is 1300. The summed E-state index contributed by atoms with van der Waals surface area (Å²) in [7, 11) is 0. The number of piperidine rings is 1. The molecule has 2 N–H and O–H groups in total. The van der Waals surface area contributed by atoms with E-state index in [2.05, 4.69) is 10.2 Å². The lowest BCUT2D eigenvalue weighted by molar-refractivity contribution is 0.00611. The molecule has 3 amide bonds. The minimum atomic E-state index is -0.315. The first-order chi connectivity index (χ1) is 19.1. The van der Waals surface area contributed by atoms with Gasteiger partial charge in [0.2, 0.25) is 0 Å². The second-order valence-electron chi connectivity index (χ2n) is 10.9. The Morgan fingerprint density at radius 2 is 1.85 bits per heavy atom. The maximum absolute atomic E-state index is 13.9. The van der Waals surface area contributed by atoms with Gasteiger partial charge in [0.25, 0.3) is 5.91 Å². The van der Waals surface area contributed by atoms with Crippen molar-refractivity contribution < 1.29 is 19.4 Å². The number of ether oxygens (including phenoxy) is 1. The van der Waals surface area contributed by atoms with E-state index in [0.29, 0.717) is 45.0 Å². The molecule has 2 aromatic carbocycles. The molecule has 1 aromatic heterocycles. The Labute approximate surface area is 228 Å². The SMILES string of the molecule is O=C(c1cccc(CN2C(=O)N(c3ccc(-c4cn[nH]c4)cc3)CC23CCOCC3)c1)N1CCC(CO)CC1. The van der Waals surface area contributed by atoms with Crippen LogP contribution in [0.15, 0.2) is 60.9 Å². The predicted molar refractivity (Wildman–Crippen MR) is 147 cm³/mol. The number of hydrogen-bond donors (Lipinski definition) is 2. The minimum absolute atomic E-state index is 0.0149. The van der Waals surface area contributed by atoms with Gasteiger partial charge in [0.1, 0.15) is 0 Å². The molecule has 0 radical (unpaired) electrons. The number of aliphatic hydroxyl groups excluding tert-OH is 1. The number of benzene rings is 2. The molecule has 3 fully saturated rings. The molecule has 0 saturated carbocycles. The third-order valence-corrected chi connectivity index (χ3v) is 8.60. The molecule has 3 aliphatic rings. The topological polar surface area (TPSA) is 102 Å². The van der Waals surface area contributed by atoms with Crippen LogP contribution in [0.2, 0.25) is 0 Å². The highest BCUT2D eigenvalue weighted by molar-refractivity contribution is 5.96. The molecular weight excluding hydrogens is 494 g/mol. The molecule has 4 heterocycles. The van der Waals surface area contributed by atoms with Crippen molar-refractivity contribution in [1.29, 1.82) is 0 Å². The van der Waals surface area contributed by atoms with Crippen molar-refractivity contribution in [2.75, 3.05) is 44.4 Å². The van der Waals surface area contributed by atoms with Crippen molar-refractivity contribution in [2.24, 2.45) is 5.92 Å². The average Bonchev–Trinajstić information content (AvgIpc) is 3.62. The standard InChI is InChI=1S/C30H35N5O4/c36-20-22-8-12-33(13-9-22)28(37)25-3-1-2-23(16-25)19-35-29(38)34(21-30(35)10-14-39-15-11-30)27-6-4-24(5-7-27)26-17-31-32-18-26/h1-7,16-18,22,36H,8-15,19-21H2,(H,31,32). The number of amides is 3. The number of carbonyl (C=O) groups is 2. The summed E-state index contributed by atoms with van der Waals surface area (Å²) in [5.41, 5.74) is 4.19. The summed E-state index contributed by atoms with van der Waals surface area (Å²) < 4.78 is 5.69. The molecule has 39 heavy (non-hydrogen) atoms. The number of aliphatic hydroxyl groups is 1. The second-order valence-corrected chi connectivity index (χ2v) is 10.9. The Kier molecular flexibility index (Phi) is 7.10. The van der Waals surface area contributed by atoms with Crippen LogP contribution in [0.1, 0.15) is 41.6 Å². The Hall–Kier alpha value is -3.69. The monoisotopic (exact) mass is 529 g/mol. The van der Waals surface area contributed by atoms with Crippen LogP contribution in [-0.2, 0) is 11.3 Å². The van der Waals surface area contributed by atoms with Crippen molar-refractivity contribution in [3.8, 4) is 11.1 Å². The van der Waals surface area contributed by atoms with Gasteiger partial charge in [-0.2, -0.15) is 5.10 Å². The number of aromatic amines is 1. The van der Waals surface area contributed by atoms with Crippen LogP contribution in [0.3, 0.4) is 0 Å². The van der Waals surface area contributed by atoms with Gasteiger partial charge in [0.05, 0.1) is 18.3 Å². The molecule has 9 heteroatoms. The highest BCUT2D eigenvalue weighted by Crippen LogP contribution is 2.39. The Balaban J connectivity index is 1.22. The van der Waals surface area contributed by atoms with Gasteiger partial charge in [-0.05, 0) is 67.0 Å². The number of hydrogen-bond acceptors (Lipinski definition) is 5. The lowest BCUT2D eigenvalue weighted by Gasteiger charge is -2.40. The van der Waals surface area contributed by atoms with Gasteiger partial charge in [0.15, 0.2) is 0 Å². The van der Waals surface area contributed by atoms with E-state index < -0.39 is 0 Å². The summed E-state index contributed by atoms with van der Waals surface area (Å²) in [6, 6.07) is 15.7. The van der Waals surface area contributed by atoms with E-state index in [4.69, 9.17) is 4.74 Å². The fourth-order valence-corrected chi connectivity index (χ4v) is 6.14. The fraction of sp³-hybridized carbons (Fsp3) is 0.433. The molecule has 3 aliphatic heterocycles. The normalized spacial score (nSPS) is 19.7. The summed E-state index contributed by atoms with van der Waals surface area (Å²) in [5, 5.41) is 16.3. The summed E-state index contributed by atoms with van der Waals surface area (Å²) in [6.45, 7) is 3.81. The summed E-state index contributed by atoms with van der Waals surface area (Å²) in [5.74, 6) is 0.295. The van der Waals surface area contributed by atoms with Gasteiger partial charge in [-0.1, -0.05) is 24.3 Å². The van der Waals surface area contributed by atoms with Crippen molar-refractivity contribution in [1.82, 2.24) is 20.0 Å². The van der Waals surface area contributed by atoms with Gasteiger partial charge in [-0.15, -0.1) is 0 Å². The Morgan fingerprint density at radius 1 is 1.08 bits per heavy atom. The molecule has 1 spiro atoms. The molecule has 0 aliphatic carbocycles. The van der Waals surface area contributed by atoms with Crippen LogP contribution in [0.4, 0.5) is 10.5 Å². The minimum Gasteiger partial charge on any atom is -0.396 e. The molecule has 3 aromatic rings. The number of aromatic nitrogens is 2. The van der Waals surface area contributed by atoms with Gasteiger partial charge < -0.3 is 19.6 Å². The van der Waals surface area contributed by atoms with E-state index in [1.54, 1.807) is 6.20 Å². The van der Waals surface area contributed by atoms with Crippen molar-refractivity contribution >= 4 is 17.6 Å². The van der Waals surface area contributed by atoms with E-state index in [0.717, 1.165) is 48.1 Å². The van der Waals surface area contributed by atoms with Gasteiger partial charge in [-0.25, -0.2) is 4.79 Å². The number of likely N-dealkylation sites (tertiary alicyclic amines) is 1. The predicted octanol–water partition coefficient (Wildman–Crippen LogP) is 3.91. The third-order valence-electron chi connectivity index (χ3n) is 8.60. The number of rotatable bonds is 6. The molecule has 204 valence electrons. The van der Waals surface area contributed by atoms with E-state index in [9.17, 15) is 14.7 Å². The van der Waals surface area contributed by atoms with E-state index >= 15 is 0 Å². The van der Waals surface area contributed by atoms with Crippen molar-refractivity contribution in [3.05, 3.63) is 72.1 Å². The second kappa shape index (κ2) is 10.8. The number of carbonyl (C=O) groups excluding carboxylic acids is 2.